The van der Waals surface area contributed by atoms with Crippen LogP contribution in [-0.4, -0.2) is 0 Å². The molecule has 34 heavy (non-hydrogen) atoms. The zero-order chi connectivity index (χ0) is 22.5. The summed E-state index contributed by atoms with van der Waals surface area (Å²) < 4.78 is 0. The van der Waals surface area contributed by atoms with E-state index in [-0.39, 0.29) is 0 Å². The minimum Gasteiger partial charge on any atom is -0.0620 e. The van der Waals surface area contributed by atoms with Crippen LogP contribution in [0.2, 0.25) is 0 Å². The van der Waals surface area contributed by atoms with Crippen molar-refractivity contribution in [2.45, 2.75) is 24.7 Å². The second kappa shape index (κ2) is 7.85. The molecule has 0 nitrogen and oxygen atoms in total. The van der Waals surface area contributed by atoms with Crippen molar-refractivity contribution in [3.8, 4) is 22.3 Å². The van der Waals surface area contributed by atoms with Crippen LogP contribution in [0.3, 0.4) is 0 Å². The fourth-order valence-corrected chi connectivity index (χ4v) is 6.36. The number of fused-ring (bicyclic) bond motifs is 6. The summed E-state index contributed by atoms with van der Waals surface area (Å²) in [5, 5.41) is 0. The minimum absolute atomic E-state index is 0.414. The van der Waals surface area contributed by atoms with Crippen molar-refractivity contribution >= 4 is 0 Å². The first-order valence-corrected chi connectivity index (χ1v) is 12.3. The molecule has 0 aromatic heterocycles. The Morgan fingerprint density at radius 3 is 0.912 bits per heavy atom. The van der Waals surface area contributed by atoms with Crippen LogP contribution in [0, 0.1) is 0 Å². The van der Waals surface area contributed by atoms with Crippen LogP contribution in [0.15, 0.2) is 121 Å². The third-order valence-electron chi connectivity index (χ3n) is 7.89. The summed E-state index contributed by atoms with van der Waals surface area (Å²) in [4.78, 5) is 0. The van der Waals surface area contributed by atoms with E-state index in [4.69, 9.17) is 0 Å². The third-order valence-corrected chi connectivity index (χ3v) is 7.89. The van der Waals surface area contributed by atoms with Gasteiger partial charge >= 0.3 is 0 Å². The molecule has 5 aromatic rings. The Bertz CT molecular complexity index is 1320. The molecule has 162 valence electrons. The van der Waals surface area contributed by atoms with Gasteiger partial charge in [0.25, 0.3) is 0 Å². The Morgan fingerprint density at radius 2 is 0.588 bits per heavy atom. The molecule has 0 aliphatic heterocycles. The zero-order valence-corrected chi connectivity index (χ0v) is 19.1. The quantitative estimate of drug-likeness (QED) is 0.266. The molecule has 0 saturated heterocycles. The number of rotatable bonds is 4. The standard InChI is InChI=1S/C34H26/c1-2-12-24(22-34-31-19-9-5-15-27(31)28-16-6-10-20-32(28)34)23(11-1)21-33-29-17-7-3-13-25(29)26-14-4-8-18-30(26)33/h1-20,33-34H,21-22H2. The van der Waals surface area contributed by atoms with E-state index in [0.29, 0.717) is 11.8 Å². The van der Waals surface area contributed by atoms with Crippen LogP contribution in [0.25, 0.3) is 22.3 Å². The van der Waals surface area contributed by atoms with E-state index in [1.54, 1.807) is 0 Å². The van der Waals surface area contributed by atoms with E-state index in [9.17, 15) is 0 Å². The Kier molecular flexibility index (Phi) is 4.52. The molecule has 0 radical (unpaired) electrons. The highest BCUT2D eigenvalue weighted by Gasteiger charge is 2.31. The molecule has 2 aliphatic carbocycles. The van der Waals surface area contributed by atoms with Gasteiger partial charge in [-0.05, 0) is 68.5 Å². The van der Waals surface area contributed by atoms with Crippen LogP contribution in [0.1, 0.15) is 45.2 Å². The lowest BCUT2D eigenvalue weighted by Crippen LogP contribution is -2.07. The van der Waals surface area contributed by atoms with Crippen LogP contribution >= 0.6 is 0 Å². The van der Waals surface area contributed by atoms with E-state index in [1.165, 1.54) is 55.6 Å². The minimum atomic E-state index is 0.414. The van der Waals surface area contributed by atoms with Crippen molar-refractivity contribution < 1.29 is 0 Å². The summed E-state index contributed by atoms with van der Waals surface area (Å²) in [5.74, 6) is 0.827. The van der Waals surface area contributed by atoms with Gasteiger partial charge in [0.1, 0.15) is 0 Å². The lowest BCUT2D eigenvalue weighted by atomic mass is 9.84. The number of hydrogen-bond donors (Lipinski definition) is 0. The smallest absolute Gasteiger partial charge is 0.0142 e. The molecule has 5 aromatic carbocycles. The maximum Gasteiger partial charge on any atom is 0.0142 e. The Morgan fingerprint density at radius 1 is 0.324 bits per heavy atom. The van der Waals surface area contributed by atoms with E-state index in [0.717, 1.165) is 12.8 Å². The highest BCUT2D eigenvalue weighted by Crippen LogP contribution is 2.48. The molecule has 0 amide bonds. The Hall–Kier alpha value is -3.90. The second-order valence-corrected chi connectivity index (χ2v) is 9.63. The SMILES string of the molecule is c1ccc(CC2c3ccccc3-c3ccccc32)c(CC2c3ccccc3-c3ccccc32)c1. The summed E-state index contributed by atoms with van der Waals surface area (Å²) in [6.45, 7) is 0. The Labute approximate surface area is 201 Å². The molecule has 0 heteroatoms. The van der Waals surface area contributed by atoms with Gasteiger partial charge in [-0.3, -0.25) is 0 Å². The van der Waals surface area contributed by atoms with Gasteiger partial charge in [-0.25, -0.2) is 0 Å². The number of hydrogen-bond acceptors (Lipinski definition) is 0. The largest absolute Gasteiger partial charge is 0.0620 e. The van der Waals surface area contributed by atoms with E-state index in [2.05, 4.69) is 121 Å². The monoisotopic (exact) mass is 434 g/mol. The molecule has 0 saturated carbocycles. The fraction of sp³-hybridized carbons (Fsp3) is 0.118. The molecule has 2 aliphatic rings. The molecule has 0 atom stereocenters. The molecule has 0 unspecified atom stereocenters. The highest BCUT2D eigenvalue weighted by molar-refractivity contribution is 5.80. The van der Waals surface area contributed by atoms with Gasteiger partial charge in [-0.2, -0.15) is 0 Å². The van der Waals surface area contributed by atoms with Crippen LogP contribution in [0.5, 0.6) is 0 Å². The average Bonchev–Trinajstić information content (AvgIpc) is 3.39. The van der Waals surface area contributed by atoms with Gasteiger partial charge in [-0.15, -0.1) is 0 Å². The molecule has 0 bridgehead atoms. The first-order chi connectivity index (χ1) is 16.9. The maximum atomic E-state index is 2.35. The topological polar surface area (TPSA) is 0 Å². The lowest BCUT2D eigenvalue weighted by molar-refractivity contribution is 0.779. The summed E-state index contributed by atoms with van der Waals surface area (Å²) >= 11 is 0. The van der Waals surface area contributed by atoms with Crippen molar-refractivity contribution in [3.05, 3.63) is 155 Å². The van der Waals surface area contributed by atoms with Crippen LogP contribution < -0.4 is 0 Å². The molecular formula is C34H26. The van der Waals surface area contributed by atoms with Gasteiger partial charge in [0.2, 0.25) is 0 Å². The molecule has 0 heterocycles. The molecule has 0 N–H and O–H groups in total. The van der Waals surface area contributed by atoms with E-state index < -0.39 is 0 Å². The molecule has 0 spiro atoms. The van der Waals surface area contributed by atoms with Crippen molar-refractivity contribution in [1.29, 1.82) is 0 Å². The predicted molar refractivity (Wildman–Crippen MR) is 141 cm³/mol. The van der Waals surface area contributed by atoms with Crippen molar-refractivity contribution in [2.24, 2.45) is 0 Å². The van der Waals surface area contributed by atoms with Gasteiger partial charge < -0.3 is 0 Å². The van der Waals surface area contributed by atoms with E-state index >= 15 is 0 Å². The third kappa shape index (κ3) is 2.99. The first kappa shape index (κ1) is 19.6. The Balaban J connectivity index is 1.28. The number of benzene rings is 5. The molecule has 0 fully saturated rings. The van der Waals surface area contributed by atoms with Gasteiger partial charge in [0.05, 0.1) is 0 Å². The average molecular weight is 435 g/mol. The summed E-state index contributed by atoms with van der Waals surface area (Å²) in [6, 6.07) is 45.0. The molecular weight excluding hydrogens is 408 g/mol. The van der Waals surface area contributed by atoms with Gasteiger partial charge in [0, 0.05) is 11.8 Å². The van der Waals surface area contributed by atoms with E-state index in [1.807, 2.05) is 0 Å². The fourth-order valence-electron chi connectivity index (χ4n) is 6.36. The first-order valence-electron chi connectivity index (χ1n) is 12.3. The zero-order valence-electron chi connectivity index (χ0n) is 19.1. The van der Waals surface area contributed by atoms with Crippen LogP contribution in [0.4, 0.5) is 0 Å². The maximum absolute atomic E-state index is 2.35. The normalized spacial score (nSPS) is 13.9. The van der Waals surface area contributed by atoms with Crippen molar-refractivity contribution in [1.82, 2.24) is 0 Å². The van der Waals surface area contributed by atoms with Gasteiger partial charge in [0.15, 0.2) is 0 Å². The molecule has 7 rings (SSSR count). The summed E-state index contributed by atoms with van der Waals surface area (Å²) in [6.07, 6.45) is 2.08. The van der Waals surface area contributed by atoms with Crippen molar-refractivity contribution in [2.75, 3.05) is 0 Å². The van der Waals surface area contributed by atoms with Crippen LogP contribution in [-0.2, 0) is 12.8 Å². The summed E-state index contributed by atoms with van der Waals surface area (Å²) in [7, 11) is 0. The summed E-state index contributed by atoms with van der Waals surface area (Å²) in [5.41, 5.74) is 14.4. The second-order valence-electron chi connectivity index (χ2n) is 9.63. The van der Waals surface area contributed by atoms with Gasteiger partial charge in [-0.1, -0.05) is 121 Å². The highest BCUT2D eigenvalue weighted by atomic mass is 14.3. The predicted octanol–water partition coefficient (Wildman–Crippen LogP) is 8.40. The lowest BCUT2D eigenvalue weighted by Gasteiger charge is -2.20. The van der Waals surface area contributed by atoms with Crippen molar-refractivity contribution in [3.63, 3.8) is 0 Å².